The smallest absolute Gasteiger partial charge is 0.323 e. The van der Waals surface area contributed by atoms with Gasteiger partial charge in [0, 0.05) is 13.7 Å². The van der Waals surface area contributed by atoms with Crippen LogP contribution < -0.4 is 4.74 Å². The zero-order chi connectivity index (χ0) is 17.2. The molecule has 1 atom stereocenters. The minimum Gasteiger partial charge on any atom is -0.497 e. The number of nitrogens with zero attached hydrogens (tertiary/aromatic N) is 1. The minimum absolute atomic E-state index is 0.203. The molecule has 0 saturated heterocycles. The molecule has 0 aliphatic rings. The zero-order valence-electron chi connectivity index (χ0n) is 13.7. The quantitative estimate of drug-likeness (QED) is 0.695. The van der Waals surface area contributed by atoms with Crippen LogP contribution in [0.15, 0.2) is 24.3 Å². The molecule has 0 saturated carbocycles. The lowest BCUT2D eigenvalue weighted by Crippen LogP contribution is -2.43. The lowest BCUT2D eigenvalue weighted by molar-refractivity contribution is -0.151. The SMILES string of the molecule is COCCN(CC(=O)O)C(=O)[C@H](C)OCc1cccc(OC)c1. The molecule has 1 rings (SSSR count). The number of aliphatic carboxylic acids is 1. The van der Waals surface area contributed by atoms with Crippen molar-refractivity contribution in [3.63, 3.8) is 0 Å². The average molecular weight is 325 g/mol. The molecule has 1 aromatic rings. The van der Waals surface area contributed by atoms with E-state index in [1.54, 1.807) is 14.0 Å². The summed E-state index contributed by atoms with van der Waals surface area (Å²) in [6, 6.07) is 7.33. The standard InChI is InChI=1S/C16H23NO6/c1-12(16(20)17(7-8-21-2)10-15(18)19)23-11-13-5-4-6-14(9-13)22-3/h4-6,9,12H,7-8,10-11H2,1-3H3,(H,18,19)/t12-/m0/s1. The van der Waals surface area contributed by atoms with E-state index < -0.39 is 12.1 Å². The van der Waals surface area contributed by atoms with E-state index in [1.807, 2.05) is 24.3 Å². The second-order valence-corrected chi connectivity index (χ2v) is 4.95. The van der Waals surface area contributed by atoms with Gasteiger partial charge in [-0.3, -0.25) is 9.59 Å². The second kappa shape index (κ2) is 9.81. The van der Waals surface area contributed by atoms with Gasteiger partial charge in [-0.2, -0.15) is 0 Å². The Labute approximate surface area is 135 Å². The van der Waals surface area contributed by atoms with Gasteiger partial charge in [0.05, 0.1) is 20.3 Å². The lowest BCUT2D eigenvalue weighted by Gasteiger charge is -2.24. The molecule has 0 fully saturated rings. The van der Waals surface area contributed by atoms with Gasteiger partial charge in [0.15, 0.2) is 0 Å². The van der Waals surface area contributed by atoms with Crippen molar-refractivity contribution < 1.29 is 28.9 Å². The Hall–Kier alpha value is -2.12. The number of methoxy groups -OCH3 is 2. The van der Waals surface area contributed by atoms with Gasteiger partial charge in [0.1, 0.15) is 18.4 Å². The van der Waals surface area contributed by atoms with Crippen molar-refractivity contribution in [2.75, 3.05) is 33.9 Å². The molecule has 7 heteroatoms. The van der Waals surface area contributed by atoms with Gasteiger partial charge in [0.25, 0.3) is 5.91 Å². The summed E-state index contributed by atoms with van der Waals surface area (Å²) < 4.78 is 15.6. The van der Waals surface area contributed by atoms with Crippen molar-refractivity contribution in [1.29, 1.82) is 0 Å². The first-order valence-electron chi connectivity index (χ1n) is 7.22. The van der Waals surface area contributed by atoms with Crippen molar-refractivity contribution in [3.8, 4) is 5.75 Å². The summed E-state index contributed by atoms with van der Waals surface area (Å²) in [5, 5.41) is 8.89. The third-order valence-corrected chi connectivity index (χ3v) is 3.19. The highest BCUT2D eigenvalue weighted by Gasteiger charge is 2.23. The summed E-state index contributed by atoms with van der Waals surface area (Å²) in [5.74, 6) is -0.750. The molecule has 0 unspecified atom stereocenters. The number of carboxylic acid groups (broad SMARTS) is 1. The van der Waals surface area contributed by atoms with Crippen LogP contribution in [0.3, 0.4) is 0 Å². The number of hydrogen-bond acceptors (Lipinski definition) is 5. The van der Waals surface area contributed by atoms with E-state index in [2.05, 4.69) is 0 Å². The van der Waals surface area contributed by atoms with Crippen molar-refractivity contribution in [3.05, 3.63) is 29.8 Å². The largest absolute Gasteiger partial charge is 0.497 e. The van der Waals surface area contributed by atoms with Gasteiger partial charge in [-0.1, -0.05) is 12.1 Å². The summed E-state index contributed by atoms with van der Waals surface area (Å²) in [7, 11) is 3.07. The van der Waals surface area contributed by atoms with Crippen molar-refractivity contribution in [1.82, 2.24) is 4.90 Å². The van der Waals surface area contributed by atoms with Crippen LogP contribution in [-0.4, -0.2) is 61.9 Å². The first-order valence-corrected chi connectivity index (χ1v) is 7.22. The van der Waals surface area contributed by atoms with E-state index in [9.17, 15) is 9.59 Å². The number of carbonyl (C=O) groups excluding carboxylic acids is 1. The number of amides is 1. The summed E-state index contributed by atoms with van der Waals surface area (Å²) in [4.78, 5) is 24.4. The van der Waals surface area contributed by atoms with Gasteiger partial charge in [-0.15, -0.1) is 0 Å². The number of carbonyl (C=O) groups is 2. The predicted molar refractivity (Wildman–Crippen MR) is 83.3 cm³/mol. The maximum atomic E-state index is 12.3. The van der Waals surface area contributed by atoms with E-state index >= 15 is 0 Å². The van der Waals surface area contributed by atoms with Crippen LogP contribution in [0.25, 0.3) is 0 Å². The molecule has 0 aliphatic heterocycles. The van der Waals surface area contributed by atoms with Crippen LogP contribution in [0.4, 0.5) is 0 Å². The predicted octanol–water partition coefficient (Wildman–Crippen LogP) is 1.16. The number of carboxylic acids is 1. The van der Waals surface area contributed by atoms with Gasteiger partial charge >= 0.3 is 5.97 Å². The van der Waals surface area contributed by atoms with Crippen LogP contribution in [-0.2, 0) is 25.7 Å². The molecule has 1 amide bonds. The number of hydrogen-bond donors (Lipinski definition) is 1. The molecule has 0 aliphatic carbocycles. The molecule has 128 valence electrons. The maximum absolute atomic E-state index is 12.3. The van der Waals surface area contributed by atoms with Gasteiger partial charge in [0.2, 0.25) is 0 Å². The highest BCUT2D eigenvalue weighted by Crippen LogP contribution is 2.14. The van der Waals surface area contributed by atoms with E-state index in [0.717, 1.165) is 5.56 Å². The molecule has 0 radical (unpaired) electrons. The summed E-state index contributed by atoms with van der Waals surface area (Å²) in [6.45, 7) is 1.92. The molecular weight excluding hydrogens is 302 g/mol. The van der Waals surface area contributed by atoms with Crippen LogP contribution >= 0.6 is 0 Å². The Morgan fingerprint density at radius 2 is 2.04 bits per heavy atom. The first-order chi connectivity index (χ1) is 11.0. The van der Waals surface area contributed by atoms with Gasteiger partial charge in [-0.05, 0) is 24.6 Å². The molecular formula is C16H23NO6. The molecule has 7 nitrogen and oxygen atoms in total. The fraction of sp³-hybridized carbons (Fsp3) is 0.500. The minimum atomic E-state index is -1.07. The monoisotopic (exact) mass is 325 g/mol. The molecule has 0 aromatic heterocycles. The lowest BCUT2D eigenvalue weighted by atomic mass is 10.2. The van der Waals surface area contributed by atoms with Crippen molar-refractivity contribution in [2.24, 2.45) is 0 Å². The number of rotatable bonds is 10. The van der Waals surface area contributed by atoms with Crippen molar-refractivity contribution in [2.45, 2.75) is 19.6 Å². The fourth-order valence-electron chi connectivity index (χ4n) is 1.94. The second-order valence-electron chi connectivity index (χ2n) is 4.95. The fourth-order valence-corrected chi connectivity index (χ4v) is 1.94. The van der Waals surface area contributed by atoms with E-state index in [1.165, 1.54) is 12.0 Å². The topological polar surface area (TPSA) is 85.3 Å². The summed E-state index contributed by atoms with van der Waals surface area (Å²) >= 11 is 0. The van der Waals surface area contributed by atoms with Gasteiger partial charge < -0.3 is 24.2 Å². The van der Waals surface area contributed by atoms with Gasteiger partial charge in [-0.25, -0.2) is 0 Å². The summed E-state index contributed by atoms with van der Waals surface area (Å²) in [5.41, 5.74) is 0.866. The normalized spacial score (nSPS) is 11.8. The highest BCUT2D eigenvalue weighted by atomic mass is 16.5. The van der Waals surface area contributed by atoms with E-state index in [0.29, 0.717) is 5.75 Å². The molecule has 0 heterocycles. The Morgan fingerprint density at radius 3 is 2.65 bits per heavy atom. The summed E-state index contributed by atoms with van der Waals surface area (Å²) in [6.07, 6.45) is -0.752. The first kappa shape index (κ1) is 18.9. The number of ether oxygens (including phenoxy) is 3. The highest BCUT2D eigenvalue weighted by molar-refractivity contribution is 5.84. The number of benzene rings is 1. The zero-order valence-corrected chi connectivity index (χ0v) is 13.7. The molecule has 1 N–H and O–H groups in total. The molecule has 0 bridgehead atoms. The van der Waals surface area contributed by atoms with Crippen LogP contribution in [0.1, 0.15) is 12.5 Å². The Kier molecular flexibility index (Phi) is 8.07. The van der Waals surface area contributed by atoms with E-state index in [4.69, 9.17) is 19.3 Å². The Morgan fingerprint density at radius 1 is 1.30 bits per heavy atom. The Bertz CT molecular complexity index is 519. The Balaban J connectivity index is 2.60. The van der Waals surface area contributed by atoms with Crippen LogP contribution in [0, 0.1) is 0 Å². The molecule has 0 spiro atoms. The molecule has 23 heavy (non-hydrogen) atoms. The van der Waals surface area contributed by atoms with Crippen molar-refractivity contribution >= 4 is 11.9 Å². The third kappa shape index (κ3) is 6.66. The van der Waals surface area contributed by atoms with Crippen LogP contribution in [0.2, 0.25) is 0 Å². The average Bonchev–Trinajstić information content (AvgIpc) is 2.55. The maximum Gasteiger partial charge on any atom is 0.323 e. The molecule has 1 aromatic carbocycles. The third-order valence-electron chi connectivity index (χ3n) is 3.19. The van der Waals surface area contributed by atoms with Crippen LogP contribution in [0.5, 0.6) is 5.75 Å². The van der Waals surface area contributed by atoms with E-state index in [-0.39, 0.29) is 32.2 Å².